The summed E-state index contributed by atoms with van der Waals surface area (Å²) in [5.41, 5.74) is 1.97. The topological polar surface area (TPSA) is 46.1 Å². The van der Waals surface area contributed by atoms with E-state index in [9.17, 15) is 4.79 Å². The fraction of sp³-hybridized carbons (Fsp3) is 0.357. The summed E-state index contributed by atoms with van der Waals surface area (Å²) >= 11 is 0. The highest BCUT2D eigenvalue weighted by molar-refractivity contribution is 5.92. The van der Waals surface area contributed by atoms with Gasteiger partial charge in [-0.05, 0) is 36.9 Å². The summed E-state index contributed by atoms with van der Waals surface area (Å²) in [5, 5.41) is 6.83. The predicted molar refractivity (Wildman–Crippen MR) is 74.9 cm³/mol. The molecule has 1 aromatic heterocycles. The molecule has 2 amide bonds. The highest BCUT2D eigenvalue weighted by atomic mass is 16.2. The molecule has 0 atom stereocenters. The summed E-state index contributed by atoms with van der Waals surface area (Å²) in [7, 11) is 0. The molecule has 96 valence electrons. The maximum absolute atomic E-state index is 11.6. The zero-order valence-corrected chi connectivity index (χ0v) is 10.9. The lowest BCUT2D eigenvalue weighted by molar-refractivity contribution is 0.252. The largest absolute Gasteiger partial charge is 0.348 e. The van der Waals surface area contributed by atoms with Crippen LogP contribution in [0.1, 0.15) is 20.3 Å². The summed E-state index contributed by atoms with van der Waals surface area (Å²) in [6, 6.07) is 7.89. The molecule has 4 heteroatoms. The van der Waals surface area contributed by atoms with Gasteiger partial charge in [-0.2, -0.15) is 0 Å². The third kappa shape index (κ3) is 2.64. The number of nitrogens with zero attached hydrogens (tertiary/aromatic N) is 1. The van der Waals surface area contributed by atoms with Crippen LogP contribution in [0, 0.1) is 0 Å². The number of amides is 2. The molecule has 18 heavy (non-hydrogen) atoms. The fourth-order valence-corrected chi connectivity index (χ4v) is 1.95. The molecule has 0 aliphatic rings. The number of carbonyl (C=O) groups excluding carboxylic acids is 1. The van der Waals surface area contributed by atoms with E-state index < -0.39 is 0 Å². The first-order valence-corrected chi connectivity index (χ1v) is 6.38. The molecule has 0 saturated carbocycles. The third-order valence-electron chi connectivity index (χ3n) is 2.91. The number of hydrogen-bond acceptors (Lipinski definition) is 1. The Morgan fingerprint density at radius 1 is 1.28 bits per heavy atom. The quantitative estimate of drug-likeness (QED) is 0.853. The summed E-state index contributed by atoms with van der Waals surface area (Å²) < 4.78 is 2.16. The maximum Gasteiger partial charge on any atom is 0.319 e. The lowest BCUT2D eigenvalue weighted by Crippen LogP contribution is -2.29. The Bertz CT molecular complexity index is 545. The molecule has 1 aromatic carbocycles. The number of fused-ring (bicyclic) bond motifs is 1. The van der Waals surface area contributed by atoms with Gasteiger partial charge in [0.25, 0.3) is 0 Å². The standard InChI is InChI=1S/C14H19N3O/c1-3-8-15-14(18)16-12-6-5-11-7-9-17(4-2)13(11)10-12/h5-7,9-10H,3-4,8H2,1-2H3,(H2,15,16,18). The van der Waals surface area contributed by atoms with E-state index in [0.29, 0.717) is 6.54 Å². The van der Waals surface area contributed by atoms with E-state index >= 15 is 0 Å². The first-order chi connectivity index (χ1) is 8.74. The van der Waals surface area contributed by atoms with Gasteiger partial charge in [-0.15, -0.1) is 0 Å². The number of urea groups is 1. The molecular weight excluding hydrogens is 226 g/mol. The van der Waals surface area contributed by atoms with Crippen LogP contribution in [0.2, 0.25) is 0 Å². The van der Waals surface area contributed by atoms with Crippen molar-refractivity contribution in [3.8, 4) is 0 Å². The van der Waals surface area contributed by atoms with Crippen LogP contribution in [0.5, 0.6) is 0 Å². The fourth-order valence-electron chi connectivity index (χ4n) is 1.95. The van der Waals surface area contributed by atoms with Crippen LogP contribution in [-0.4, -0.2) is 17.1 Å². The first-order valence-electron chi connectivity index (χ1n) is 6.38. The zero-order valence-electron chi connectivity index (χ0n) is 10.9. The summed E-state index contributed by atoms with van der Waals surface area (Å²) in [6.07, 6.45) is 3.00. The number of aromatic nitrogens is 1. The minimum absolute atomic E-state index is 0.147. The van der Waals surface area contributed by atoms with Crippen LogP contribution in [0.3, 0.4) is 0 Å². The second-order valence-electron chi connectivity index (χ2n) is 4.26. The number of nitrogens with one attached hydrogen (secondary N) is 2. The molecule has 0 unspecified atom stereocenters. The third-order valence-corrected chi connectivity index (χ3v) is 2.91. The van der Waals surface area contributed by atoms with Gasteiger partial charge < -0.3 is 15.2 Å². The molecule has 0 radical (unpaired) electrons. The van der Waals surface area contributed by atoms with Crippen molar-refractivity contribution in [3.63, 3.8) is 0 Å². The van der Waals surface area contributed by atoms with E-state index in [1.165, 1.54) is 5.39 Å². The van der Waals surface area contributed by atoms with Crippen LogP contribution in [-0.2, 0) is 6.54 Å². The normalized spacial score (nSPS) is 10.6. The molecule has 2 aromatic rings. The van der Waals surface area contributed by atoms with Crippen molar-refractivity contribution >= 4 is 22.6 Å². The average Bonchev–Trinajstić information content (AvgIpc) is 2.78. The van der Waals surface area contributed by atoms with Gasteiger partial charge in [-0.3, -0.25) is 0 Å². The van der Waals surface area contributed by atoms with E-state index in [2.05, 4.69) is 34.4 Å². The van der Waals surface area contributed by atoms with Gasteiger partial charge in [0, 0.05) is 25.0 Å². The molecule has 0 bridgehead atoms. The van der Waals surface area contributed by atoms with E-state index in [4.69, 9.17) is 0 Å². The monoisotopic (exact) mass is 245 g/mol. The highest BCUT2D eigenvalue weighted by Gasteiger charge is 2.04. The minimum atomic E-state index is -0.147. The smallest absolute Gasteiger partial charge is 0.319 e. The number of benzene rings is 1. The van der Waals surface area contributed by atoms with Crippen molar-refractivity contribution in [3.05, 3.63) is 30.5 Å². The molecule has 0 spiro atoms. The van der Waals surface area contributed by atoms with Gasteiger partial charge in [-0.1, -0.05) is 13.0 Å². The van der Waals surface area contributed by atoms with Crippen LogP contribution in [0.15, 0.2) is 30.5 Å². The SMILES string of the molecule is CCCNC(=O)Nc1ccc2ccn(CC)c2c1. The summed E-state index contributed by atoms with van der Waals surface area (Å²) in [6.45, 7) is 5.75. The Balaban J connectivity index is 2.16. The summed E-state index contributed by atoms with van der Waals surface area (Å²) in [5.74, 6) is 0. The molecular formula is C14H19N3O. The molecule has 4 nitrogen and oxygen atoms in total. The van der Waals surface area contributed by atoms with Gasteiger partial charge in [0.15, 0.2) is 0 Å². The van der Waals surface area contributed by atoms with Crippen molar-refractivity contribution in [2.45, 2.75) is 26.8 Å². The number of rotatable bonds is 4. The molecule has 0 saturated heterocycles. The van der Waals surface area contributed by atoms with Gasteiger partial charge in [0.2, 0.25) is 0 Å². The summed E-state index contributed by atoms with van der Waals surface area (Å²) in [4.78, 5) is 11.6. The number of anilines is 1. The Morgan fingerprint density at radius 3 is 2.83 bits per heavy atom. The van der Waals surface area contributed by atoms with Crippen molar-refractivity contribution in [1.29, 1.82) is 0 Å². The molecule has 1 heterocycles. The molecule has 0 fully saturated rings. The highest BCUT2D eigenvalue weighted by Crippen LogP contribution is 2.20. The maximum atomic E-state index is 11.6. The van der Waals surface area contributed by atoms with Crippen LogP contribution >= 0.6 is 0 Å². The van der Waals surface area contributed by atoms with Gasteiger partial charge in [0.05, 0.1) is 5.52 Å². The second-order valence-corrected chi connectivity index (χ2v) is 4.26. The van der Waals surface area contributed by atoms with E-state index in [0.717, 1.165) is 24.2 Å². The van der Waals surface area contributed by atoms with E-state index in [-0.39, 0.29) is 6.03 Å². The van der Waals surface area contributed by atoms with Crippen molar-refractivity contribution < 1.29 is 4.79 Å². The Kier molecular flexibility index (Phi) is 3.87. The molecule has 0 aliphatic carbocycles. The van der Waals surface area contributed by atoms with Crippen LogP contribution < -0.4 is 10.6 Å². The molecule has 2 N–H and O–H groups in total. The van der Waals surface area contributed by atoms with E-state index in [1.54, 1.807) is 0 Å². The predicted octanol–water partition coefficient (Wildman–Crippen LogP) is 3.19. The second kappa shape index (κ2) is 5.58. The van der Waals surface area contributed by atoms with Crippen molar-refractivity contribution in [1.82, 2.24) is 9.88 Å². The molecule has 2 rings (SSSR count). The first kappa shape index (κ1) is 12.5. The average molecular weight is 245 g/mol. The number of hydrogen-bond donors (Lipinski definition) is 2. The van der Waals surface area contributed by atoms with Gasteiger partial charge in [0.1, 0.15) is 0 Å². The molecule has 0 aliphatic heterocycles. The minimum Gasteiger partial charge on any atom is -0.348 e. The number of aryl methyl sites for hydroxylation is 1. The van der Waals surface area contributed by atoms with Crippen molar-refractivity contribution in [2.75, 3.05) is 11.9 Å². The number of carbonyl (C=O) groups is 1. The van der Waals surface area contributed by atoms with Gasteiger partial charge in [-0.25, -0.2) is 4.79 Å². The van der Waals surface area contributed by atoms with Crippen molar-refractivity contribution in [2.24, 2.45) is 0 Å². The Morgan fingerprint density at radius 2 is 2.11 bits per heavy atom. The Hall–Kier alpha value is -1.97. The van der Waals surface area contributed by atoms with Gasteiger partial charge >= 0.3 is 6.03 Å². The zero-order chi connectivity index (χ0) is 13.0. The van der Waals surface area contributed by atoms with Crippen LogP contribution in [0.25, 0.3) is 10.9 Å². The van der Waals surface area contributed by atoms with Crippen LogP contribution in [0.4, 0.5) is 10.5 Å². The lowest BCUT2D eigenvalue weighted by Gasteiger charge is -2.08. The lowest BCUT2D eigenvalue weighted by atomic mass is 10.2. The Labute approximate surface area is 107 Å². The van der Waals surface area contributed by atoms with E-state index in [1.807, 2.05) is 25.1 Å².